The zero-order valence-electron chi connectivity index (χ0n) is 25.7. The fraction of sp³-hybridized carbons (Fsp3) is 0.500. The molecule has 1 atom stereocenters. The van der Waals surface area contributed by atoms with E-state index in [9.17, 15) is 19.2 Å². The first-order valence-electron chi connectivity index (χ1n) is 14.6. The highest BCUT2D eigenvalue weighted by molar-refractivity contribution is 5.83. The van der Waals surface area contributed by atoms with Crippen LogP contribution in [0.15, 0.2) is 29.1 Å². The quantitative estimate of drug-likeness (QED) is 0.206. The van der Waals surface area contributed by atoms with Crippen LogP contribution in [0.4, 0.5) is 5.69 Å². The van der Waals surface area contributed by atoms with Crippen molar-refractivity contribution in [2.24, 2.45) is 0 Å². The number of ether oxygens (including phenoxy) is 4. The molecule has 3 rings (SSSR count). The number of unbranched alkanes of at least 4 members (excludes halogenated alkanes) is 2. The van der Waals surface area contributed by atoms with Crippen molar-refractivity contribution in [1.82, 2.24) is 10.6 Å². The average Bonchev–Trinajstić information content (AvgIpc) is 3.24. The summed E-state index contributed by atoms with van der Waals surface area (Å²) in [5.41, 5.74) is 3.49. The molecule has 0 aromatic heterocycles. The van der Waals surface area contributed by atoms with Crippen molar-refractivity contribution in [2.75, 3.05) is 46.8 Å². The van der Waals surface area contributed by atoms with Crippen LogP contribution in [-0.2, 0) is 25.5 Å². The third-order valence-corrected chi connectivity index (χ3v) is 7.42. The molecule has 0 aliphatic heterocycles. The second-order valence-electron chi connectivity index (χ2n) is 10.4. The molecular weight excluding hydrogens is 554 g/mol. The van der Waals surface area contributed by atoms with E-state index in [4.69, 9.17) is 14.2 Å². The van der Waals surface area contributed by atoms with Gasteiger partial charge in [-0.1, -0.05) is 12.5 Å². The van der Waals surface area contributed by atoms with E-state index in [0.717, 1.165) is 29.5 Å². The van der Waals surface area contributed by atoms with E-state index in [2.05, 4.69) is 20.7 Å². The smallest absolute Gasteiger partial charge is 0.305 e. The van der Waals surface area contributed by atoms with Crippen LogP contribution in [0.5, 0.6) is 17.2 Å². The van der Waals surface area contributed by atoms with E-state index >= 15 is 0 Å². The van der Waals surface area contributed by atoms with E-state index in [1.54, 1.807) is 33.5 Å². The van der Waals surface area contributed by atoms with Crippen LogP contribution in [0, 0.1) is 0 Å². The average molecular weight is 598 g/mol. The van der Waals surface area contributed by atoms with Gasteiger partial charge in [0.1, 0.15) is 0 Å². The number of aryl methyl sites for hydroxylation is 1. The number of carbonyl (C=O) groups excluding carboxylic acids is 3. The molecule has 234 valence electrons. The third-order valence-electron chi connectivity index (χ3n) is 7.42. The monoisotopic (exact) mass is 597 g/mol. The summed E-state index contributed by atoms with van der Waals surface area (Å²) in [6, 6.07) is 6.79. The topological polar surface area (TPSA) is 141 Å². The lowest BCUT2D eigenvalue weighted by Gasteiger charge is -2.19. The Morgan fingerprint density at radius 3 is 2.33 bits per heavy atom. The van der Waals surface area contributed by atoms with Crippen LogP contribution < -0.4 is 35.6 Å². The van der Waals surface area contributed by atoms with Crippen LogP contribution in [-0.4, -0.2) is 59.3 Å². The van der Waals surface area contributed by atoms with Crippen molar-refractivity contribution in [1.29, 1.82) is 0 Å². The van der Waals surface area contributed by atoms with Crippen molar-refractivity contribution < 1.29 is 33.3 Å². The van der Waals surface area contributed by atoms with E-state index in [0.29, 0.717) is 73.7 Å². The molecule has 3 N–H and O–H groups in total. The molecule has 0 fully saturated rings. The Morgan fingerprint density at radius 1 is 0.884 bits per heavy atom. The number of benzene rings is 1. The molecule has 0 saturated carbocycles. The van der Waals surface area contributed by atoms with E-state index in [1.165, 1.54) is 14.0 Å². The summed E-state index contributed by atoms with van der Waals surface area (Å²) in [5, 5.41) is 9.07. The fourth-order valence-corrected chi connectivity index (χ4v) is 5.32. The van der Waals surface area contributed by atoms with Gasteiger partial charge in [0.15, 0.2) is 11.5 Å². The Labute approximate surface area is 252 Å². The largest absolute Gasteiger partial charge is 0.493 e. The Morgan fingerprint density at radius 2 is 1.65 bits per heavy atom. The Balaban J connectivity index is 1.74. The van der Waals surface area contributed by atoms with Crippen molar-refractivity contribution >= 4 is 23.5 Å². The van der Waals surface area contributed by atoms with Crippen LogP contribution in [0.1, 0.15) is 69.0 Å². The SMILES string of the molecule is COC(=O)CCCNC(=O)CCCCCNc1ccc2c(cc1=O)[C@H](NC(C)=O)CCc1cc(OC)c(OC)c(OC)c1-2. The number of amides is 2. The molecule has 0 unspecified atom stereocenters. The van der Waals surface area contributed by atoms with E-state index in [-0.39, 0.29) is 35.7 Å². The van der Waals surface area contributed by atoms with Gasteiger partial charge in [-0.25, -0.2) is 0 Å². The standard InChI is InChI=1S/C32H43N3O8/c1-20(36)35-24-14-12-21-18-27(40-2)31(42-4)32(43-5)30(21)22-13-15-25(26(37)19-23(22)24)33-16-8-6-7-10-28(38)34-17-9-11-29(39)41-3/h13,15,18-19,24H,6-12,14,16-17H2,1-5H3,(H,33,37)(H,34,38)(H,35,36)/t24-/m1/s1. The van der Waals surface area contributed by atoms with Crippen molar-refractivity contribution in [3.63, 3.8) is 0 Å². The highest BCUT2D eigenvalue weighted by Crippen LogP contribution is 2.50. The van der Waals surface area contributed by atoms with Crippen LogP contribution in [0.3, 0.4) is 0 Å². The predicted molar refractivity (Wildman–Crippen MR) is 164 cm³/mol. The lowest BCUT2D eigenvalue weighted by molar-refractivity contribution is -0.140. The van der Waals surface area contributed by atoms with Crippen LogP contribution >= 0.6 is 0 Å². The molecule has 0 spiro atoms. The zero-order valence-corrected chi connectivity index (χ0v) is 25.7. The maximum Gasteiger partial charge on any atom is 0.305 e. The number of rotatable bonds is 15. The number of anilines is 1. The number of hydrogen-bond donors (Lipinski definition) is 3. The molecule has 0 radical (unpaired) electrons. The summed E-state index contributed by atoms with van der Waals surface area (Å²) in [4.78, 5) is 48.7. The summed E-state index contributed by atoms with van der Waals surface area (Å²) in [5.74, 6) is 0.979. The van der Waals surface area contributed by atoms with E-state index < -0.39 is 0 Å². The molecule has 2 amide bonds. The fourth-order valence-electron chi connectivity index (χ4n) is 5.32. The molecule has 0 bridgehead atoms. The van der Waals surface area contributed by atoms with Gasteiger partial charge >= 0.3 is 5.97 Å². The van der Waals surface area contributed by atoms with Crippen LogP contribution in [0.25, 0.3) is 11.1 Å². The van der Waals surface area contributed by atoms with Gasteiger partial charge in [-0.05, 0) is 67.0 Å². The maximum atomic E-state index is 13.4. The molecule has 2 aromatic rings. The second-order valence-corrected chi connectivity index (χ2v) is 10.4. The first-order valence-corrected chi connectivity index (χ1v) is 14.6. The summed E-state index contributed by atoms with van der Waals surface area (Å²) >= 11 is 0. The zero-order chi connectivity index (χ0) is 31.4. The normalized spacial score (nSPS) is 13.5. The lowest BCUT2D eigenvalue weighted by Crippen LogP contribution is -2.26. The minimum Gasteiger partial charge on any atom is -0.493 e. The number of nitrogens with one attached hydrogen (secondary N) is 3. The van der Waals surface area contributed by atoms with Crippen LogP contribution in [0.2, 0.25) is 0 Å². The number of esters is 1. The summed E-state index contributed by atoms with van der Waals surface area (Å²) in [7, 11) is 6.03. The van der Waals surface area contributed by atoms with Gasteiger partial charge in [-0.15, -0.1) is 0 Å². The number of methoxy groups -OCH3 is 4. The number of hydrogen-bond acceptors (Lipinski definition) is 9. The molecule has 2 aromatic carbocycles. The van der Waals surface area contributed by atoms with Crippen molar-refractivity contribution in [2.45, 2.75) is 64.3 Å². The predicted octanol–water partition coefficient (Wildman–Crippen LogP) is 3.90. The molecule has 11 nitrogen and oxygen atoms in total. The highest BCUT2D eigenvalue weighted by Gasteiger charge is 2.29. The van der Waals surface area contributed by atoms with E-state index in [1.807, 2.05) is 12.1 Å². The minimum atomic E-state index is -0.374. The summed E-state index contributed by atoms with van der Waals surface area (Å²) in [6.07, 6.45) is 4.73. The van der Waals surface area contributed by atoms with Gasteiger partial charge in [0.05, 0.1) is 40.2 Å². The Hall–Kier alpha value is -4.28. The van der Waals surface area contributed by atoms with Gasteiger partial charge in [-0.3, -0.25) is 19.2 Å². The molecule has 1 aliphatic rings. The van der Waals surface area contributed by atoms with Gasteiger partial charge < -0.3 is 34.9 Å². The third kappa shape index (κ3) is 8.86. The van der Waals surface area contributed by atoms with Gasteiger partial charge in [0.25, 0.3) is 0 Å². The summed E-state index contributed by atoms with van der Waals surface area (Å²) in [6.45, 7) is 2.47. The molecule has 0 heterocycles. The minimum absolute atomic E-state index is 0.0464. The molecular formula is C32H43N3O8. The number of carbonyl (C=O) groups is 3. The Kier molecular flexibility index (Phi) is 12.7. The lowest BCUT2D eigenvalue weighted by atomic mass is 9.95. The Bertz CT molecular complexity index is 1360. The van der Waals surface area contributed by atoms with Gasteiger partial charge in [0, 0.05) is 38.4 Å². The molecule has 11 heteroatoms. The highest BCUT2D eigenvalue weighted by atomic mass is 16.5. The molecule has 0 saturated heterocycles. The molecule has 1 aliphatic carbocycles. The first-order chi connectivity index (χ1) is 20.7. The summed E-state index contributed by atoms with van der Waals surface area (Å²) < 4.78 is 21.6. The van der Waals surface area contributed by atoms with Crippen molar-refractivity contribution in [3.8, 4) is 28.4 Å². The van der Waals surface area contributed by atoms with Gasteiger partial charge in [0.2, 0.25) is 23.0 Å². The van der Waals surface area contributed by atoms with Crippen molar-refractivity contribution in [3.05, 3.63) is 45.6 Å². The second kappa shape index (κ2) is 16.4. The maximum absolute atomic E-state index is 13.4. The van der Waals surface area contributed by atoms with Gasteiger partial charge in [-0.2, -0.15) is 0 Å². The first kappa shape index (κ1) is 33.2. The molecule has 43 heavy (non-hydrogen) atoms. The number of fused-ring (bicyclic) bond motifs is 3.